The minimum atomic E-state index is -0.936. The van der Waals surface area contributed by atoms with Crippen molar-refractivity contribution in [2.75, 3.05) is 20.7 Å². The average molecular weight is 290 g/mol. The summed E-state index contributed by atoms with van der Waals surface area (Å²) in [4.78, 5) is 25.2. The Morgan fingerprint density at radius 1 is 1.38 bits per heavy atom. The molecule has 1 aromatic rings. The quantitative estimate of drug-likeness (QED) is 0.857. The zero-order chi connectivity index (χ0) is 15.4. The van der Waals surface area contributed by atoms with E-state index in [1.807, 2.05) is 18.2 Å². The highest BCUT2D eigenvalue weighted by atomic mass is 16.5. The van der Waals surface area contributed by atoms with Crippen molar-refractivity contribution in [2.45, 2.75) is 13.1 Å². The molecule has 0 radical (unpaired) electrons. The fraction of sp³-hybridized carbons (Fsp3) is 0.333. The first-order chi connectivity index (χ1) is 9.99. The fourth-order valence-corrected chi connectivity index (χ4v) is 2.10. The third-order valence-corrected chi connectivity index (χ3v) is 3.25. The highest BCUT2D eigenvalue weighted by Gasteiger charge is 2.25. The highest BCUT2D eigenvalue weighted by molar-refractivity contribution is 5.87. The molecule has 6 heteroatoms. The second-order valence-corrected chi connectivity index (χ2v) is 4.98. The molecule has 1 heterocycles. The molecule has 2 rings (SSSR count). The van der Waals surface area contributed by atoms with Crippen LogP contribution in [0, 0.1) is 0 Å². The zero-order valence-electron chi connectivity index (χ0n) is 12.1. The number of hydrogen-bond donors (Lipinski definition) is 1. The van der Waals surface area contributed by atoms with Gasteiger partial charge in [0, 0.05) is 32.3 Å². The average Bonchev–Trinajstić information content (AvgIpc) is 2.88. The van der Waals surface area contributed by atoms with Crippen LogP contribution in [-0.4, -0.2) is 47.6 Å². The third-order valence-electron chi connectivity index (χ3n) is 3.25. The van der Waals surface area contributed by atoms with Crippen molar-refractivity contribution >= 4 is 12.0 Å². The molecule has 0 aromatic heterocycles. The first-order valence-corrected chi connectivity index (χ1v) is 6.58. The number of fused-ring (bicyclic) bond motifs is 1. The molecule has 2 amide bonds. The molecule has 1 aliphatic heterocycles. The Morgan fingerprint density at radius 3 is 2.81 bits per heavy atom. The number of carbonyl (C=O) groups is 2. The fourth-order valence-electron chi connectivity index (χ4n) is 2.10. The smallest absolute Gasteiger partial charge is 0.407 e. The molecule has 0 saturated carbocycles. The summed E-state index contributed by atoms with van der Waals surface area (Å²) in [7, 11) is 3.36. The lowest BCUT2D eigenvalue weighted by molar-refractivity contribution is -0.123. The first kappa shape index (κ1) is 14.9. The Morgan fingerprint density at radius 2 is 2.14 bits per heavy atom. The summed E-state index contributed by atoms with van der Waals surface area (Å²) in [5.74, 6) is 0.562. The van der Waals surface area contributed by atoms with Crippen LogP contribution in [0.5, 0.6) is 5.75 Å². The maximum atomic E-state index is 11.4. The first-order valence-electron chi connectivity index (χ1n) is 6.58. The van der Waals surface area contributed by atoms with Gasteiger partial charge in [-0.25, -0.2) is 4.79 Å². The van der Waals surface area contributed by atoms with Gasteiger partial charge >= 0.3 is 6.09 Å². The van der Waals surface area contributed by atoms with Crippen LogP contribution in [0.1, 0.15) is 11.1 Å². The summed E-state index contributed by atoms with van der Waals surface area (Å²) in [5, 5.41) is 9.04. The number of rotatable bonds is 4. The second kappa shape index (κ2) is 6.30. The van der Waals surface area contributed by atoms with E-state index in [9.17, 15) is 9.59 Å². The Kier molecular flexibility index (Phi) is 4.47. The number of carboxylic acid groups (broad SMARTS) is 1. The Balaban J connectivity index is 1.99. The van der Waals surface area contributed by atoms with Crippen LogP contribution >= 0.6 is 0 Å². The Hall–Kier alpha value is -2.50. The van der Waals surface area contributed by atoms with Gasteiger partial charge in [-0.05, 0) is 17.7 Å². The minimum Gasteiger partial charge on any atom is -0.489 e. The second-order valence-electron chi connectivity index (χ2n) is 4.98. The number of ether oxygens (including phenoxy) is 1. The van der Waals surface area contributed by atoms with E-state index >= 15 is 0 Å². The van der Waals surface area contributed by atoms with Crippen molar-refractivity contribution < 1.29 is 19.4 Å². The Labute approximate surface area is 123 Å². The molecular weight excluding hydrogens is 272 g/mol. The van der Waals surface area contributed by atoms with Gasteiger partial charge in [0.05, 0.1) is 6.54 Å². The molecule has 0 bridgehead atoms. The van der Waals surface area contributed by atoms with Crippen LogP contribution in [0.15, 0.2) is 30.4 Å². The molecule has 0 aliphatic carbocycles. The summed E-state index contributed by atoms with van der Waals surface area (Å²) in [5.41, 5.74) is 1.86. The van der Waals surface area contributed by atoms with Gasteiger partial charge in [-0.2, -0.15) is 0 Å². The molecule has 21 heavy (non-hydrogen) atoms. The number of benzene rings is 1. The molecule has 0 spiro atoms. The molecule has 1 aromatic carbocycles. The predicted octanol–water partition coefficient (Wildman–Crippen LogP) is 1.70. The van der Waals surface area contributed by atoms with Gasteiger partial charge in [0.15, 0.2) is 0 Å². The largest absolute Gasteiger partial charge is 0.489 e. The van der Waals surface area contributed by atoms with Crippen molar-refractivity contribution in [3.63, 3.8) is 0 Å². The molecule has 112 valence electrons. The third kappa shape index (κ3) is 3.53. The molecule has 0 fully saturated rings. The van der Waals surface area contributed by atoms with Gasteiger partial charge in [0.2, 0.25) is 5.91 Å². The molecule has 0 atom stereocenters. The van der Waals surface area contributed by atoms with E-state index in [1.165, 1.54) is 15.9 Å². The lowest BCUT2D eigenvalue weighted by Crippen LogP contribution is -2.22. The molecule has 0 saturated heterocycles. The Bertz CT molecular complexity index is 581. The van der Waals surface area contributed by atoms with E-state index in [0.29, 0.717) is 18.8 Å². The molecule has 0 unspecified atom stereocenters. The van der Waals surface area contributed by atoms with Gasteiger partial charge in [-0.1, -0.05) is 12.1 Å². The SMILES string of the molecule is CN(C)C(=O)/C=C/COc1cccc2c1CN(C(=O)O)C2. The minimum absolute atomic E-state index is 0.103. The number of amides is 2. The van der Waals surface area contributed by atoms with Crippen molar-refractivity contribution in [1.29, 1.82) is 0 Å². The van der Waals surface area contributed by atoms with Gasteiger partial charge in [-0.15, -0.1) is 0 Å². The molecule has 1 aliphatic rings. The van der Waals surface area contributed by atoms with Crippen molar-refractivity contribution in [1.82, 2.24) is 9.80 Å². The van der Waals surface area contributed by atoms with E-state index < -0.39 is 6.09 Å². The summed E-state index contributed by atoms with van der Waals surface area (Å²) < 4.78 is 5.63. The van der Waals surface area contributed by atoms with Crippen LogP contribution < -0.4 is 4.74 Å². The monoisotopic (exact) mass is 290 g/mol. The molecule has 6 nitrogen and oxygen atoms in total. The maximum Gasteiger partial charge on any atom is 0.407 e. The van der Waals surface area contributed by atoms with Gasteiger partial charge in [-0.3, -0.25) is 9.69 Å². The van der Waals surface area contributed by atoms with Crippen molar-refractivity contribution in [3.8, 4) is 5.75 Å². The van der Waals surface area contributed by atoms with Gasteiger partial charge in [0.25, 0.3) is 0 Å². The van der Waals surface area contributed by atoms with E-state index in [0.717, 1.165) is 11.1 Å². The maximum absolute atomic E-state index is 11.4. The number of likely N-dealkylation sites (N-methyl/N-ethyl adjacent to an activating group) is 1. The van der Waals surface area contributed by atoms with E-state index in [4.69, 9.17) is 9.84 Å². The van der Waals surface area contributed by atoms with Crippen LogP contribution in [0.3, 0.4) is 0 Å². The van der Waals surface area contributed by atoms with E-state index in [1.54, 1.807) is 20.2 Å². The van der Waals surface area contributed by atoms with Crippen LogP contribution in [0.25, 0.3) is 0 Å². The predicted molar refractivity (Wildman–Crippen MR) is 77.0 cm³/mol. The van der Waals surface area contributed by atoms with Crippen molar-refractivity contribution in [2.24, 2.45) is 0 Å². The van der Waals surface area contributed by atoms with E-state index in [2.05, 4.69) is 0 Å². The van der Waals surface area contributed by atoms with Crippen LogP contribution in [-0.2, 0) is 17.9 Å². The van der Waals surface area contributed by atoms with Gasteiger partial charge < -0.3 is 14.7 Å². The zero-order valence-corrected chi connectivity index (χ0v) is 12.1. The number of nitrogens with zero attached hydrogens (tertiary/aromatic N) is 2. The summed E-state index contributed by atoms with van der Waals surface area (Å²) in [6.45, 7) is 0.987. The lowest BCUT2D eigenvalue weighted by atomic mass is 10.1. The summed E-state index contributed by atoms with van der Waals surface area (Å²) in [6, 6.07) is 5.55. The van der Waals surface area contributed by atoms with Crippen LogP contribution in [0.4, 0.5) is 4.79 Å². The normalized spacial score (nSPS) is 13.3. The summed E-state index contributed by atoms with van der Waals surface area (Å²) in [6.07, 6.45) is 2.16. The summed E-state index contributed by atoms with van der Waals surface area (Å²) >= 11 is 0. The van der Waals surface area contributed by atoms with Crippen molar-refractivity contribution in [3.05, 3.63) is 41.5 Å². The molecular formula is C15H18N2O4. The highest BCUT2D eigenvalue weighted by Crippen LogP contribution is 2.30. The van der Waals surface area contributed by atoms with Crippen LogP contribution in [0.2, 0.25) is 0 Å². The standard InChI is InChI=1S/C15H18N2O4/c1-16(2)14(18)7-4-8-21-13-6-3-5-11-9-17(15(19)20)10-12(11)13/h3-7H,8-10H2,1-2H3,(H,19,20)/b7-4+. The van der Waals surface area contributed by atoms with Gasteiger partial charge in [0.1, 0.15) is 12.4 Å². The molecule has 1 N–H and O–H groups in total. The van der Waals surface area contributed by atoms with E-state index in [-0.39, 0.29) is 12.5 Å². The number of carbonyl (C=O) groups excluding carboxylic acids is 1. The number of hydrogen-bond acceptors (Lipinski definition) is 3. The lowest BCUT2D eigenvalue weighted by Gasteiger charge is -2.10. The topological polar surface area (TPSA) is 70.1 Å².